The van der Waals surface area contributed by atoms with E-state index in [0.717, 1.165) is 0 Å². The maximum Gasteiger partial charge on any atom is 0.405 e. The van der Waals surface area contributed by atoms with E-state index in [1.807, 2.05) is 0 Å². The van der Waals surface area contributed by atoms with Crippen molar-refractivity contribution >= 4 is 19.3 Å². The van der Waals surface area contributed by atoms with Crippen LogP contribution in [-0.4, -0.2) is 35.1 Å². The quantitative estimate of drug-likeness (QED) is 0.507. The minimum atomic E-state index is -3.42. The first-order chi connectivity index (χ1) is 4.67. The molecule has 1 fully saturated rings. The highest BCUT2D eigenvalue weighted by Crippen LogP contribution is 2.49. The summed E-state index contributed by atoms with van der Waals surface area (Å²) >= 11 is 5.38. The van der Waals surface area contributed by atoms with Gasteiger partial charge in [-0.25, -0.2) is 9.24 Å². The van der Waals surface area contributed by atoms with Crippen LogP contribution < -0.4 is 0 Å². The summed E-state index contributed by atoms with van der Waals surface area (Å²) in [6.45, 7) is 1.24. The molecule has 0 aromatic heterocycles. The Labute approximate surface area is 64.3 Å². The molecule has 0 aromatic carbocycles. The normalized spacial score (nSPS) is 35.0. The Kier molecular flexibility index (Phi) is 2.72. The highest BCUT2D eigenvalue weighted by atomic mass is 35.5. The Bertz CT molecular complexity index is 165. The summed E-state index contributed by atoms with van der Waals surface area (Å²) in [6.07, 6.45) is 0. The Morgan fingerprint density at radius 3 is 2.90 bits per heavy atom. The minimum Gasteiger partial charge on any atom is -0.312 e. The highest BCUT2D eigenvalue weighted by molar-refractivity contribution is 7.50. The standard InChI is InChI=1S/C4H9ClNO3P/c5-1-2-6-3-4-9-10(6,7)8/h1-4H2,(H,7,8). The van der Waals surface area contributed by atoms with Crippen LogP contribution in [0.1, 0.15) is 0 Å². The summed E-state index contributed by atoms with van der Waals surface area (Å²) in [5.74, 6) is 0.355. The van der Waals surface area contributed by atoms with Crippen LogP contribution in [0.3, 0.4) is 0 Å². The maximum absolute atomic E-state index is 10.9. The van der Waals surface area contributed by atoms with Crippen molar-refractivity contribution in [2.75, 3.05) is 25.6 Å². The minimum absolute atomic E-state index is 0.324. The molecule has 0 aliphatic carbocycles. The number of hydrogen-bond acceptors (Lipinski definition) is 2. The third kappa shape index (κ3) is 1.71. The molecule has 1 unspecified atom stereocenters. The molecule has 1 N–H and O–H groups in total. The molecular weight excluding hydrogens is 176 g/mol. The molecule has 1 aliphatic heterocycles. The van der Waals surface area contributed by atoms with Gasteiger partial charge >= 0.3 is 7.75 Å². The van der Waals surface area contributed by atoms with Crippen LogP contribution in [0, 0.1) is 0 Å². The predicted octanol–water partition coefficient (Wildman–Crippen LogP) is 0.658. The van der Waals surface area contributed by atoms with Crippen molar-refractivity contribution in [2.24, 2.45) is 0 Å². The molecule has 0 aromatic rings. The molecule has 1 aliphatic rings. The van der Waals surface area contributed by atoms with Crippen molar-refractivity contribution in [1.82, 2.24) is 4.67 Å². The topological polar surface area (TPSA) is 49.8 Å². The monoisotopic (exact) mass is 185 g/mol. The molecule has 1 rings (SSSR count). The molecule has 0 saturated carbocycles. The third-order valence-electron chi connectivity index (χ3n) is 1.31. The van der Waals surface area contributed by atoms with Crippen LogP contribution in [0.15, 0.2) is 0 Å². The van der Waals surface area contributed by atoms with E-state index in [-0.39, 0.29) is 0 Å². The maximum atomic E-state index is 10.9. The molecule has 4 nitrogen and oxygen atoms in total. The Hall–Kier alpha value is 0.400. The van der Waals surface area contributed by atoms with E-state index in [4.69, 9.17) is 16.5 Å². The van der Waals surface area contributed by atoms with Crippen LogP contribution in [-0.2, 0) is 9.09 Å². The SMILES string of the molecule is O=P1(O)OCCN1CCCl. The number of hydrogen-bond donors (Lipinski definition) is 1. The van der Waals surface area contributed by atoms with Gasteiger partial charge in [0.25, 0.3) is 0 Å². The van der Waals surface area contributed by atoms with E-state index in [1.165, 1.54) is 4.67 Å². The van der Waals surface area contributed by atoms with Gasteiger partial charge < -0.3 is 4.89 Å². The number of nitrogens with zero attached hydrogens (tertiary/aromatic N) is 1. The lowest BCUT2D eigenvalue weighted by Gasteiger charge is -2.14. The zero-order valence-corrected chi connectivity index (χ0v) is 7.01. The lowest BCUT2D eigenvalue weighted by molar-refractivity contribution is 0.290. The van der Waals surface area contributed by atoms with Crippen molar-refractivity contribution in [2.45, 2.75) is 0 Å². The first-order valence-electron chi connectivity index (χ1n) is 2.95. The summed E-state index contributed by atoms with van der Waals surface area (Å²) in [6, 6.07) is 0. The van der Waals surface area contributed by atoms with Crippen molar-refractivity contribution in [3.63, 3.8) is 0 Å². The van der Waals surface area contributed by atoms with Crippen LogP contribution in [0.4, 0.5) is 0 Å². The lowest BCUT2D eigenvalue weighted by Crippen LogP contribution is -2.18. The number of alkyl halides is 1. The fourth-order valence-electron chi connectivity index (χ4n) is 0.809. The van der Waals surface area contributed by atoms with Crippen molar-refractivity contribution in [3.05, 3.63) is 0 Å². The summed E-state index contributed by atoms with van der Waals surface area (Å²) in [7, 11) is -3.42. The van der Waals surface area contributed by atoms with E-state index in [9.17, 15) is 4.57 Å². The van der Waals surface area contributed by atoms with Crippen LogP contribution in [0.2, 0.25) is 0 Å². The van der Waals surface area contributed by atoms with Gasteiger partial charge in [0.1, 0.15) is 0 Å². The van der Waals surface area contributed by atoms with E-state index in [1.54, 1.807) is 0 Å². The summed E-state index contributed by atoms with van der Waals surface area (Å²) in [5.41, 5.74) is 0. The van der Waals surface area contributed by atoms with Crippen molar-refractivity contribution in [3.8, 4) is 0 Å². The van der Waals surface area contributed by atoms with Gasteiger partial charge in [-0.1, -0.05) is 0 Å². The first-order valence-corrected chi connectivity index (χ1v) is 5.02. The fourth-order valence-corrected chi connectivity index (χ4v) is 2.30. The van der Waals surface area contributed by atoms with Crippen LogP contribution in [0.5, 0.6) is 0 Å². The molecule has 60 valence electrons. The molecule has 1 saturated heterocycles. The van der Waals surface area contributed by atoms with Crippen LogP contribution in [0.25, 0.3) is 0 Å². The van der Waals surface area contributed by atoms with Crippen molar-refractivity contribution in [1.29, 1.82) is 0 Å². The molecule has 0 bridgehead atoms. The second-order valence-corrected chi connectivity index (χ2v) is 4.15. The smallest absolute Gasteiger partial charge is 0.312 e. The molecule has 1 heterocycles. The zero-order valence-electron chi connectivity index (χ0n) is 5.36. The lowest BCUT2D eigenvalue weighted by atomic mass is 10.6. The fraction of sp³-hybridized carbons (Fsp3) is 1.00. The summed E-state index contributed by atoms with van der Waals surface area (Å²) in [4.78, 5) is 8.99. The summed E-state index contributed by atoms with van der Waals surface area (Å²) in [5, 5.41) is 0. The average Bonchev–Trinajstić information content (AvgIpc) is 2.13. The van der Waals surface area contributed by atoms with E-state index in [0.29, 0.717) is 25.6 Å². The molecule has 6 heteroatoms. The van der Waals surface area contributed by atoms with Gasteiger partial charge in [-0.3, -0.25) is 4.52 Å². The van der Waals surface area contributed by atoms with Gasteiger partial charge in [0.15, 0.2) is 0 Å². The zero-order chi connectivity index (χ0) is 7.61. The molecule has 1 atom stereocenters. The average molecular weight is 186 g/mol. The van der Waals surface area contributed by atoms with Crippen molar-refractivity contribution < 1.29 is 14.0 Å². The molecule has 10 heavy (non-hydrogen) atoms. The Balaban J connectivity index is 2.51. The molecule has 0 spiro atoms. The number of rotatable bonds is 2. The second kappa shape index (κ2) is 3.20. The van der Waals surface area contributed by atoms with E-state index in [2.05, 4.69) is 4.52 Å². The molecule has 0 amide bonds. The predicted molar refractivity (Wildman–Crippen MR) is 38.1 cm³/mol. The summed E-state index contributed by atoms with van der Waals surface area (Å²) < 4.78 is 16.9. The molecule has 0 radical (unpaired) electrons. The number of halogens is 1. The van der Waals surface area contributed by atoms with Gasteiger partial charge in [-0.05, 0) is 0 Å². The molecular formula is C4H9ClNO3P. The van der Waals surface area contributed by atoms with Gasteiger partial charge in [0.2, 0.25) is 0 Å². The van der Waals surface area contributed by atoms with E-state index < -0.39 is 7.75 Å². The largest absolute Gasteiger partial charge is 0.405 e. The van der Waals surface area contributed by atoms with Gasteiger partial charge in [0.05, 0.1) is 6.61 Å². The van der Waals surface area contributed by atoms with E-state index >= 15 is 0 Å². The Morgan fingerprint density at radius 2 is 2.50 bits per heavy atom. The van der Waals surface area contributed by atoms with Gasteiger partial charge in [0, 0.05) is 19.0 Å². The third-order valence-corrected chi connectivity index (χ3v) is 3.11. The van der Waals surface area contributed by atoms with Crippen LogP contribution >= 0.6 is 19.3 Å². The second-order valence-electron chi connectivity index (χ2n) is 1.97. The Morgan fingerprint density at radius 1 is 1.80 bits per heavy atom. The van der Waals surface area contributed by atoms with Gasteiger partial charge in [-0.15, -0.1) is 11.6 Å². The highest BCUT2D eigenvalue weighted by Gasteiger charge is 2.34. The first kappa shape index (κ1) is 8.50. The van der Waals surface area contributed by atoms with Gasteiger partial charge in [-0.2, -0.15) is 0 Å².